The third-order valence-corrected chi connectivity index (χ3v) is 10.6. The second kappa shape index (κ2) is 26.8. The normalized spacial score (nSPS) is 12.4. The van der Waals surface area contributed by atoms with Crippen molar-refractivity contribution in [1.82, 2.24) is 5.32 Å². The number of hydrogen-bond acceptors (Lipinski definition) is 4. The maximum atomic E-state index is 5.56. The lowest BCUT2D eigenvalue weighted by molar-refractivity contribution is 0.123. The molecule has 1 aromatic rings. The Hall–Kier alpha value is -0.433. The Balaban J connectivity index is 0.0000137. The van der Waals surface area contributed by atoms with Crippen LogP contribution in [0.5, 0.6) is 0 Å². The third kappa shape index (κ3) is 18.8. The van der Waals surface area contributed by atoms with E-state index in [0.29, 0.717) is 6.04 Å². The van der Waals surface area contributed by atoms with Gasteiger partial charge in [0, 0.05) is 33.4 Å². The summed E-state index contributed by atoms with van der Waals surface area (Å²) in [5.74, 6) is 0. The van der Waals surface area contributed by atoms with Crippen molar-refractivity contribution in [1.29, 1.82) is 0 Å². The first-order valence-electron chi connectivity index (χ1n) is 15.6. The average molecular weight is 572 g/mol. The highest BCUT2D eigenvalue weighted by Gasteiger charge is 2.36. The lowest BCUT2D eigenvalue weighted by Crippen LogP contribution is -2.43. The molecule has 6 heteroatoms. The fourth-order valence-electron chi connectivity index (χ4n) is 5.28. The zero-order valence-corrected chi connectivity index (χ0v) is 27.3. The Kier molecular flexibility index (Phi) is 26.5. The van der Waals surface area contributed by atoms with Crippen LogP contribution in [0.3, 0.4) is 0 Å². The van der Waals surface area contributed by atoms with Gasteiger partial charge in [0.15, 0.2) is 0 Å². The van der Waals surface area contributed by atoms with Gasteiger partial charge in [-0.25, -0.2) is 0 Å². The summed E-state index contributed by atoms with van der Waals surface area (Å²) in [7, 11) is 2.60. The van der Waals surface area contributed by atoms with Crippen molar-refractivity contribution in [2.45, 2.75) is 141 Å². The Morgan fingerprint density at radius 1 is 0.605 bits per heavy atom. The van der Waals surface area contributed by atoms with Crippen LogP contribution in [-0.2, 0) is 13.3 Å². The van der Waals surface area contributed by atoms with Crippen molar-refractivity contribution in [3.8, 4) is 0 Å². The maximum Gasteiger partial charge on any atom is 0.500 e. The van der Waals surface area contributed by atoms with Gasteiger partial charge in [0.25, 0.3) is 0 Å². The average Bonchev–Trinajstić information content (AvgIpc) is 2.94. The summed E-state index contributed by atoms with van der Waals surface area (Å²) in [6.07, 6.45) is 26.3. The van der Waals surface area contributed by atoms with Crippen molar-refractivity contribution in [3.05, 3.63) is 35.9 Å². The predicted molar refractivity (Wildman–Crippen MR) is 169 cm³/mol. The van der Waals surface area contributed by atoms with Gasteiger partial charge in [-0.3, -0.25) is 0 Å². The second-order valence-corrected chi connectivity index (χ2v) is 13.9. The van der Waals surface area contributed by atoms with Gasteiger partial charge in [0.1, 0.15) is 0 Å². The highest BCUT2D eigenvalue weighted by molar-refractivity contribution is 6.60. The molecular weight excluding hydrogens is 510 g/mol. The van der Waals surface area contributed by atoms with E-state index in [1.165, 1.54) is 121 Å². The summed E-state index contributed by atoms with van der Waals surface area (Å²) in [5, 5.41) is 3.79. The van der Waals surface area contributed by atoms with Gasteiger partial charge >= 0.3 is 8.80 Å². The zero-order chi connectivity index (χ0) is 26.9. The molecule has 1 atom stereocenters. The molecule has 0 saturated carbocycles. The Morgan fingerprint density at radius 3 is 1.45 bits per heavy atom. The van der Waals surface area contributed by atoms with Gasteiger partial charge in [-0.15, -0.1) is 12.4 Å². The lowest BCUT2D eigenvalue weighted by Gasteiger charge is -2.25. The van der Waals surface area contributed by atoms with E-state index in [-0.39, 0.29) is 12.4 Å². The SMILES string of the molecule is CCCCCCCCCCCCCCCCCCCC(NCCC[Si](OC)(OC)OC)c1ccccc1.Cl. The summed E-state index contributed by atoms with van der Waals surface area (Å²) in [6, 6.07) is 12.2. The molecule has 0 aliphatic carbocycles. The number of nitrogens with one attached hydrogen (secondary N) is 1. The first-order valence-corrected chi connectivity index (χ1v) is 17.6. The number of benzene rings is 1. The molecule has 1 unspecified atom stereocenters. The molecule has 0 heterocycles. The smallest absolute Gasteiger partial charge is 0.377 e. The summed E-state index contributed by atoms with van der Waals surface area (Å²) >= 11 is 0. The molecule has 0 radical (unpaired) electrons. The quantitative estimate of drug-likeness (QED) is 0.0842. The van der Waals surface area contributed by atoms with Crippen molar-refractivity contribution < 1.29 is 13.3 Å². The molecule has 0 spiro atoms. The van der Waals surface area contributed by atoms with Crippen molar-refractivity contribution in [2.75, 3.05) is 27.9 Å². The van der Waals surface area contributed by atoms with Crippen LogP contribution >= 0.6 is 12.4 Å². The highest BCUT2D eigenvalue weighted by Crippen LogP contribution is 2.22. The first kappa shape index (κ1) is 37.6. The summed E-state index contributed by atoms with van der Waals surface area (Å²) < 4.78 is 16.7. The van der Waals surface area contributed by atoms with Gasteiger partial charge in [0.05, 0.1) is 0 Å². The van der Waals surface area contributed by atoms with E-state index >= 15 is 0 Å². The van der Waals surface area contributed by atoms with Crippen LogP contribution in [0.2, 0.25) is 6.04 Å². The molecule has 1 rings (SSSR count). The maximum absolute atomic E-state index is 5.56. The lowest BCUT2D eigenvalue weighted by atomic mass is 9.99. The van der Waals surface area contributed by atoms with Crippen LogP contribution in [0.1, 0.15) is 141 Å². The van der Waals surface area contributed by atoms with Crippen LogP contribution in [0.15, 0.2) is 30.3 Å². The third-order valence-electron chi connectivity index (χ3n) is 7.78. The summed E-state index contributed by atoms with van der Waals surface area (Å²) in [6.45, 7) is 3.24. The number of hydrogen-bond donors (Lipinski definition) is 1. The minimum absolute atomic E-state index is 0. The molecule has 224 valence electrons. The van der Waals surface area contributed by atoms with E-state index in [0.717, 1.165) is 19.0 Å². The number of rotatable bonds is 27. The topological polar surface area (TPSA) is 39.7 Å². The van der Waals surface area contributed by atoms with E-state index in [2.05, 4.69) is 42.6 Å². The molecule has 1 aromatic carbocycles. The van der Waals surface area contributed by atoms with Crippen molar-refractivity contribution >= 4 is 21.2 Å². The molecular formula is C32H62ClNO3Si. The van der Waals surface area contributed by atoms with Gasteiger partial charge in [0.2, 0.25) is 0 Å². The molecule has 0 bridgehead atoms. The molecule has 0 aliphatic rings. The van der Waals surface area contributed by atoms with Crippen LogP contribution in [0, 0.1) is 0 Å². The molecule has 0 aliphatic heterocycles. The van der Waals surface area contributed by atoms with Crippen molar-refractivity contribution in [3.63, 3.8) is 0 Å². The van der Waals surface area contributed by atoms with Crippen LogP contribution in [0.25, 0.3) is 0 Å². The molecule has 1 N–H and O–H groups in total. The molecule has 0 aromatic heterocycles. The van der Waals surface area contributed by atoms with Crippen LogP contribution in [0.4, 0.5) is 0 Å². The molecule has 4 nitrogen and oxygen atoms in total. The molecule has 0 saturated heterocycles. The Labute approximate surface area is 244 Å². The van der Waals surface area contributed by atoms with Gasteiger partial charge in [-0.2, -0.15) is 0 Å². The van der Waals surface area contributed by atoms with Crippen LogP contribution in [-0.4, -0.2) is 36.7 Å². The monoisotopic (exact) mass is 571 g/mol. The second-order valence-electron chi connectivity index (χ2n) is 10.8. The largest absolute Gasteiger partial charge is 0.500 e. The number of unbranched alkanes of at least 4 members (excludes halogenated alkanes) is 16. The fourth-order valence-corrected chi connectivity index (χ4v) is 7.00. The Morgan fingerprint density at radius 2 is 1.03 bits per heavy atom. The summed E-state index contributed by atoms with van der Waals surface area (Å²) in [5.41, 5.74) is 1.40. The van der Waals surface area contributed by atoms with Crippen LogP contribution < -0.4 is 5.32 Å². The standard InChI is InChI=1S/C32H61NO3Si.ClH/c1-5-6-7-8-9-10-11-12-13-14-15-16-17-18-19-20-24-28-32(31-26-22-21-23-27-31)33-29-25-30-37(34-2,35-3)36-4;/h21-23,26-27,32-33H,5-20,24-25,28-30H2,1-4H3;1H. The predicted octanol–water partition coefficient (Wildman–Crippen LogP) is 10.0. The van der Waals surface area contributed by atoms with E-state index in [9.17, 15) is 0 Å². The van der Waals surface area contributed by atoms with Gasteiger partial charge in [-0.1, -0.05) is 146 Å². The number of halogens is 1. The molecule has 0 amide bonds. The summed E-state index contributed by atoms with van der Waals surface area (Å²) in [4.78, 5) is 0. The molecule has 38 heavy (non-hydrogen) atoms. The minimum atomic E-state index is -2.47. The fraction of sp³-hybridized carbons (Fsp3) is 0.812. The van der Waals surface area contributed by atoms with Crippen molar-refractivity contribution in [2.24, 2.45) is 0 Å². The minimum Gasteiger partial charge on any atom is -0.377 e. The van der Waals surface area contributed by atoms with E-state index in [1.807, 2.05) is 0 Å². The van der Waals surface area contributed by atoms with Gasteiger partial charge < -0.3 is 18.6 Å². The van der Waals surface area contributed by atoms with Gasteiger partial charge in [-0.05, 0) is 24.9 Å². The van der Waals surface area contributed by atoms with E-state index < -0.39 is 8.80 Å². The molecule has 0 fully saturated rings. The van der Waals surface area contributed by atoms with E-state index in [4.69, 9.17) is 13.3 Å². The van der Waals surface area contributed by atoms with E-state index in [1.54, 1.807) is 21.3 Å². The first-order chi connectivity index (χ1) is 18.2. The Bertz CT molecular complexity index is 595. The highest BCUT2D eigenvalue weighted by atomic mass is 35.5. The zero-order valence-electron chi connectivity index (χ0n) is 25.4.